The predicted molar refractivity (Wildman–Crippen MR) is 101 cm³/mol. The predicted octanol–water partition coefficient (Wildman–Crippen LogP) is 4.24. The second-order valence-electron chi connectivity index (χ2n) is 6.47. The van der Waals surface area contributed by atoms with E-state index in [4.69, 9.17) is 40.2 Å². The monoisotopic (exact) mass is 399 g/mol. The van der Waals surface area contributed by atoms with Crippen LogP contribution in [0.15, 0.2) is 24.5 Å². The van der Waals surface area contributed by atoms with Crippen molar-refractivity contribution >= 4 is 40.5 Å². The Bertz CT molecular complexity index is 794. The van der Waals surface area contributed by atoms with Crippen molar-refractivity contribution in [3.05, 3.63) is 40.1 Å². The minimum absolute atomic E-state index is 0.0168. The standard InChI is InChI=1S/C17H19Cl2N3O2S/c1-10(12-3-4-12)17(23,14-6-5-13(18)7-15(14)19)8-22-16(20-9-21-22)24-11(2)25/h5-7,9-10,12,23H,3-4,8H2,1-2H3/t10?,17-/m0/s1. The summed E-state index contributed by atoms with van der Waals surface area (Å²) in [5.74, 6) is 0.425. The van der Waals surface area contributed by atoms with Crippen LogP contribution in [0, 0.1) is 11.8 Å². The van der Waals surface area contributed by atoms with Gasteiger partial charge in [0.25, 0.3) is 0 Å². The van der Waals surface area contributed by atoms with Crippen molar-refractivity contribution in [2.45, 2.75) is 38.8 Å². The Morgan fingerprint density at radius 2 is 2.20 bits per heavy atom. The fourth-order valence-electron chi connectivity index (χ4n) is 3.10. The second kappa shape index (κ2) is 7.19. The molecule has 1 aliphatic carbocycles. The number of benzene rings is 1. The van der Waals surface area contributed by atoms with Gasteiger partial charge in [0, 0.05) is 22.5 Å². The smallest absolute Gasteiger partial charge is 0.320 e. The molecule has 25 heavy (non-hydrogen) atoms. The van der Waals surface area contributed by atoms with Crippen LogP contribution in [-0.2, 0) is 12.1 Å². The van der Waals surface area contributed by atoms with Gasteiger partial charge >= 0.3 is 6.01 Å². The maximum Gasteiger partial charge on any atom is 0.320 e. The van der Waals surface area contributed by atoms with Gasteiger partial charge in [0.05, 0.1) is 6.54 Å². The van der Waals surface area contributed by atoms with Gasteiger partial charge in [0.1, 0.15) is 11.9 Å². The fourth-order valence-corrected chi connectivity index (χ4v) is 3.75. The summed E-state index contributed by atoms with van der Waals surface area (Å²) in [7, 11) is 0. The third kappa shape index (κ3) is 3.97. The highest BCUT2D eigenvalue weighted by molar-refractivity contribution is 7.80. The molecule has 1 unspecified atom stereocenters. The van der Waals surface area contributed by atoms with E-state index in [0.717, 1.165) is 12.8 Å². The van der Waals surface area contributed by atoms with Crippen LogP contribution in [0.4, 0.5) is 0 Å². The number of hydrogen-bond donors (Lipinski definition) is 1. The van der Waals surface area contributed by atoms with E-state index >= 15 is 0 Å². The molecule has 0 radical (unpaired) electrons. The Balaban J connectivity index is 2.00. The number of hydrogen-bond acceptors (Lipinski definition) is 5. The highest BCUT2D eigenvalue weighted by Gasteiger charge is 2.46. The number of halogens is 2. The van der Waals surface area contributed by atoms with E-state index in [9.17, 15) is 5.11 Å². The SMILES string of the molecule is CC(=S)Oc1ncnn1C[C@@](O)(c1ccc(Cl)cc1Cl)C(C)C1CC1. The normalized spacial score (nSPS) is 17.8. The summed E-state index contributed by atoms with van der Waals surface area (Å²) in [6, 6.07) is 5.39. The van der Waals surface area contributed by atoms with Crippen molar-refractivity contribution in [3.63, 3.8) is 0 Å². The molecule has 0 bridgehead atoms. The maximum absolute atomic E-state index is 11.7. The molecule has 1 aromatic carbocycles. The number of thiocarbonyl (C=S) groups is 1. The van der Waals surface area contributed by atoms with Gasteiger partial charge in [-0.2, -0.15) is 10.1 Å². The van der Waals surface area contributed by atoms with Gasteiger partial charge in [-0.15, -0.1) is 0 Å². The van der Waals surface area contributed by atoms with E-state index in [1.54, 1.807) is 25.1 Å². The maximum atomic E-state index is 11.7. The van der Waals surface area contributed by atoms with Gasteiger partial charge < -0.3 is 9.84 Å². The minimum Gasteiger partial charge on any atom is -0.417 e. The van der Waals surface area contributed by atoms with E-state index in [2.05, 4.69) is 10.1 Å². The van der Waals surface area contributed by atoms with Crippen LogP contribution >= 0.6 is 35.4 Å². The van der Waals surface area contributed by atoms with Crippen LogP contribution in [0.25, 0.3) is 0 Å². The largest absolute Gasteiger partial charge is 0.417 e. The minimum atomic E-state index is -1.23. The molecule has 1 aromatic heterocycles. The van der Waals surface area contributed by atoms with Crippen LogP contribution in [-0.4, -0.2) is 24.9 Å². The molecule has 3 rings (SSSR count). The van der Waals surface area contributed by atoms with Crippen LogP contribution < -0.4 is 4.74 Å². The number of aromatic nitrogens is 3. The third-order valence-electron chi connectivity index (χ3n) is 4.69. The first-order valence-corrected chi connectivity index (χ1v) is 9.22. The van der Waals surface area contributed by atoms with Crippen LogP contribution in [0.1, 0.15) is 32.3 Å². The van der Waals surface area contributed by atoms with Gasteiger partial charge in [0.2, 0.25) is 0 Å². The third-order valence-corrected chi connectivity index (χ3v) is 5.32. The first-order valence-electron chi connectivity index (χ1n) is 8.05. The Morgan fingerprint density at radius 1 is 1.48 bits per heavy atom. The van der Waals surface area contributed by atoms with E-state index in [1.165, 1.54) is 11.0 Å². The molecular formula is C17H19Cl2N3O2S. The molecule has 2 aromatic rings. The highest BCUT2D eigenvalue weighted by atomic mass is 35.5. The topological polar surface area (TPSA) is 60.2 Å². The summed E-state index contributed by atoms with van der Waals surface area (Å²) in [5, 5.41) is 17.1. The Kier molecular flexibility index (Phi) is 5.34. The molecule has 1 N–H and O–H groups in total. The van der Waals surface area contributed by atoms with Crippen LogP contribution in [0.3, 0.4) is 0 Å². The summed E-state index contributed by atoms with van der Waals surface area (Å²) in [6.45, 7) is 3.85. The van der Waals surface area contributed by atoms with E-state index in [-0.39, 0.29) is 18.5 Å². The average Bonchev–Trinajstić information content (AvgIpc) is 3.29. The summed E-state index contributed by atoms with van der Waals surface area (Å²) < 4.78 is 6.94. The number of ether oxygens (including phenoxy) is 1. The van der Waals surface area contributed by atoms with E-state index < -0.39 is 5.60 Å². The molecule has 0 saturated heterocycles. The van der Waals surface area contributed by atoms with E-state index in [0.29, 0.717) is 26.6 Å². The molecule has 5 nitrogen and oxygen atoms in total. The van der Waals surface area contributed by atoms with Gasteiger partial charge in [-0.25, -0.2) is 4.68 Å². The zero-order valence-corrected chi connectivity index (χ0v) is 16.3. The molecule has 0 aliphatic heterocycles. The van der Waals surface area contributed by atoms with Crippen molar-refractivity contribution in [1.82, 2.24) is 14.8 Å². The summed E-state index contributed by atoms with van der Waals surface area (Å²) in [5.41, 5.74) is -0.609. The first-order chi connectivity index (χ1) is 11.8. The fraction of sp³-hybridized carbons (Fsp3) is 0.471. The zero-order valence-electron chi connectivity index (χ0n) is 13.9. The molecule has 1 fully saturated rings. The zero-order chi connectivity index (χ0) is 18.2. The first kappa shape index (κ1) is 18.6. The summed E-state index contributed by atoms with van der Waals surface area (Å²) >= 11 is 17.4. The Morgan fingerprint density at radius 3 is 2.80 bits per heavy atom. The second-order valence-corrected chi connectivity index (χ2v) is 7.89. The van der Waals surface area contributed by atoms with Gasteiger partial charge in [-0.3, -0.25) is 0 Å². The Hall–Kier alpha value is -1.21. The number of rotatable bonds is 6. The molecule has 2 atom stereocenters. The van der Waals surface area contributed by atoms with Gasteiger partial charge in [-0.1, -0.05) is 36.2 Å². The lowest BCUT2D eigenvalue weighted by molar-refractivity contribution is -0.0452. The van der Waals surface area contributed by atoms with Crippen molar-refractivity contribution in [1.29, 1.82) is 0 Å². The van der Waals surface area contributed by atoms with Gasteiger partial charge in [-0.05, 0) is 49.0 Å². The van der Waals surface area contributed by atoms with Crippen molar-refractivity contribution in [2.24, 2.45) is 11.8 Å². The molecule has 134 valence electrons. The van der Waals surface area contributed by atoms with Gasteiger partial charge in [0.15, 0.2) is 5.05 Å². The van der Waals surface area contributed by atoms with E-state index in [1.807, 2.05) is 6.92 Å². The number of nitrogens with zero attached hydrogens (tertiary/aromatic N) is 3. The molecule has 1 saturated carbocycles. The summed E-state index contributed by atoms with van der Waals surface area (Å²) in [6.07, 6.45) is 3.56. The summed E-state index contributed by atoms with van der Waals surface area (Å²) in [4.78, 5) is 4.07. The quantitative estimate of drug-likeness (QED) is 0.735. The lowest BCUT2D eigenvalue weighted by Gasteiger charge is -2.35. The van der Waals surface area contributed by atoms with Crippen molar-refractivity contribution in [2.75, 3.05) is 0 Å². The van der Waals surface area contributed by atoms with Crippen LogP contribution in [0.2, 0.25) is 10.0 Å². The lowest BCUT2D eigenvalue weighted by Crippen LogP contribution is -2.40. The molecule has 0 amide bonds. The average molecular weight is 400 g/mol. The lowest BCUT2D eigenvalue weighted by atomic mass is 9.79. The molecule has 1 aliphatic rings. The highest BCUT2D eigenvalue weighted by Crippen LogP contribution is 2.48. The van der Waals surface area contributed by atoms with Crippen molar-refractivity contribution in [3.8, 4) is 6.01 Å². The molecule has 1 heterocycles. The molecule has 8 heteroatoms. The Labute approximate surface area is 161 Å². The van der Waals surface area contributed by atoms with Crippen LogP contribution in [0.5, 0.6) is 6.01 Å². The number of aliphatic hydroxyl groups is 1. The van der Waals surface area contributed by atoms with Crippen molar-refractivity contribution < 1.29 is 9.84 Å². The molecule has 0 spiro atoms. The molecular weight excluding hydrogens is 381 g/mol.